The number of amides is 1. The molecule has 0 saturated carbocycles. The molecule has 2 aromatic rings. The van der Waals surface area contributed by atoms with Crippen molar-refractivity contribution in [2.45, 2.75) is 25.8 Å². The van der Waals surface area contributed by atoms with Gasteiger partial charge in [-0.25, -0.2) is 9.50 Å². The van der Waals surface area contributed by atoms with Gasteiger partial charge in [-0.2, -0.15) is 5.10 Å². The number of carbonyl (C=O) groups excluding carboxylic acids is 1. The van der Waals surface area contributed by atoms with Gasteiger partial charge < -0.3 is 5.32 Å². The van der Waals surface area contributed by atoms with Crippen LogP contribution in [0.4, 0.5) is 0 Å². The summed E-state index contributed by atoms with van der Waals surface area (Å²) < 4.78 is 2.18. The Hall–Kier alpha value is -1.58. The highest BCUT2D eigenvalue weighted by molar-refractivity contribution is 9.10. The summed E-state index contributed by atoms with van der Waals surface area (Å²) in [5, 5.41) is 7.09. The van der Waals surface area contributed by atoms with Crippen LogP contribution >= 0.6 is 27.5 Å². The van der Waals surface area contributed by atoms with Crippen molar-refractivity contribution >= 4 is 39.1 Å². The summed E-state index contributed by atoms with van der Waals surface area (Å²) in [5.41, 5.74) is -0.212. The van der Waals surface area contributed by atoms with E-state index in [1.807, 2.05) is 6.92 Å². The second-order valence-corrected chi connectivity index (χ2v) is 5.78. The fourth-order valence-corrected chi connectivity index (χ4v) is 2.12. The molecule has 1 N–H and O–H groups in total. The van der Waals surface area contributed by atoms with Crippen molar-refractivity contribution in [1.29, 1.82) is 0 Å². The zero-order valence-corrected chi connectivity index (χ0v) is 13.3. The number of rotatable bonds is 3. The number of carbonyl (C=O) groups is 1. The predicted molar refractivity (Wildman–Crippen MR) is 80.7 cm³/mol. The largest absolute Gasteiger partial charge is 0.335 e. The first-order valence-corrected chi connectivity index (χ1v) is 7.07. The quantitative estimate of drug-likeness (QED) is 0.861. The van der Waals surface area contributed by atoms with Crippen LogP contribution in [-0.2, 0) is 0 Å². The van der Waals surface area contributed by atoms with Crippen LogP contribution < -0.4 is 5.32 Å². The molecule has 1 amide bonds. The molecule has 0 radical (unpaired) electrons. The van der Waals surface area contributed by atoms with Gasteiger partial charge in [0.2, 0.25) is 0 Å². The van der Waals surface area contributed by atoms with Crippen LogP contribution in [0.1, 0.15) is 30.8 Å². The van der Waals surface area contributed by atoms with Gasteiger partial charge in [0.1, 0.15) is 5.02 Å². The molecule has 2 rings (SSSR count). The Balaban J connectivity index is 2.41. The Morgan fingerprint density at radius 3 is 3.00 bits per heavy atom. The Labute approximate surface area is 129 Å². The molecular formula is C13H12BrClN4O. The monoisotopic (exact) mass is 354 g/mol. The maximum Gasteiger partial charge on any atom is 0.274 e. The lowest BCUT2D eigenvalue weighted by Gasteiger charge is -2.22. The third-order valence-electron chi connectivity index (χ3n) is 3.01. The standard InChI is InChI=1S/C13H12BrClN4O/c1-4-13(3,5-2)17-12(20)10-9(15)11-16-6-8(14)7-19(11)18-10/h1,6-7H,5H2,2-3H3,(H,17,20)/t13-/m0/s1. The molecule has 7 heteroatoms. The lowest BCUT2D eigenvalue weighted by atomic mass is 10.0. The molecule has 2 heterocycles. The van der Waals surface area contributed by atoms with E-state index in [4.69, 9.17) is 18.0 Å². The second kappa shape index (κ2) is 5.43. The summed E-state index contributed by atoms with van der Waals surface area (Å²) in [6, 6.07) is 0. The summed E-state index contributed by atoms with van der Waals surface area (Å²) in [4.78, 5) is 16.4. The molecule has 0 aliphatic heterocycles. The highest BCUT2D eigenvalue weighted by atomic mass is 79.9. The lowest BCUT2D eigenvalue weighted by Crippen LogP contribution is -2.44. The van der Waals surface area contributed by atoms with Crippen molar-refractivity contribution in [3.8, 4) is 12.3 Å². The molecule has 0 aromatic carbocycles. The zero-order valence-electron chi connectivity index (χ0n) is 10.9. The van der Waals surface area contributed by atoms with Crippen LogP contribution in [0.3, 0.4) is 0 Å². The average Bonchev–Trinajstić information content (AvgIpc) is 2.75. The van der Waals surface area contributed by atoms with E-state index >= 15 is 0 Å². The third-order valence-corrected chi connectivity index (χ3v) is 3.77. The Morgan fingerprint density at radius 2 is 2.40 bits per heavy atom. The summed E-state index contributed by atoms with van der Waals surface area (Å²) in [5.74, 6) is 2.14. The SMILES string of the molecule is C#C[C@@](C)(CC)NC(=O)c1nn2cc(Br)cnc2c1Cl. The normalized spacial score (nSPS) is 13.8. The van der Waals surface area contributed by atoms with Crippen LogP contribution in [0, 0.1) is 12.3 Å². The summed E-state index contributed by atoms with van der Waals surface area (Å²) in [6.07, 6.45) is 9.29. The lowest BCUT2D eigenvalue weighted by molar-refractivity contribution is 0.0918. The van der Waals surface area contributed by atoms with Crippen molar-refractivity contribution in [2.75, 3.05) is 0 Å². The minimum absolute atomic E-state index is 0.104. The van der Waals surface area contributed by atoms with Gasteiger partial charge in [0.25, 0.3) is 5.91 Å². The molecule has 0 saturated heterocycles. The molecule has 1 atom stereocenters. The van der Waals surface area contributed by atoms with Gasteiger partial charge >= 0.3 is 0 Å². The summed E-state index contributed by atoms with van der Waals surface area (Å²) in [6.45, 7) is 3.66. The van der Waals surface area contributed by atoms with Crippen molar-refractivity contribution in [3.05, 3.63) is 27.6 Å². The van der Waals surface area contributed by atoms with Crippen molar-refractivity contribution in [3.63, 3.8) is 0 Å². The van der Waals surface area contributed by atoms with E-state index in [1.54, 1.807) is 19.3 Å². The van der Waals surface area contributed by atoms with Gasteiger partial charge in [0.15, 0.2) is 11.3 Å². The number of nitrogens with zero attached hydrogens (tertiary/aromatic N) is 3. The first-order chi connectivity index (χ1) is 9.40. The molecule has 0 spiro atoms. The summed E-state index contributed by atoms with van der Waals surface area (Å²) >= 11 is 9.43. The Kier molecular flexibility index (Phi) is 4.02. The number of hydrogen-bond donors (Lipinski definition) is 1. The van der Waals surface area contributed by atoms with E-state index in [-0.39, 0.29) is 10.7 Å². The second-order valence-electron chi connectivity index (χ2n) is 4.49. The van der Waals surface area contributed by atoms with Gasteiger partial charge in [-0.15, -0.1) is 6.42 Å². The highest BCUT2D eigenvalue weighted by Crippen LogP contribution is 2.22. The number of aromatic nitrogens is 3. The molecule has 0 aliphatic rings. The van der Waals surface area contributed by atoms with E-state index in [2.05, 4.69) is 37.2 Å². The van der Waals surface area contributed by atoms with Gasteiger partial charge in [0.05, 0.1) is 10.0 Å². The number of terminal acetylenes is 1. The van der Waals surface area contributed by atoms with E-state index < -0.39 is 11.4 Å². The van der Waals surface area contributed by atoms with Crippen LogP contribution in [-0.4, -0.2) is 26.0 Å². The molecule has 5 nitrogen and oxygen atoms in total. The van der Waals surface area contributed by atoms with Crippen LogP contribution in [0.15, 0.2) is 16.9 Å². The van der Waals surface area contributed by atoms with E-state index in [0.717, 1.165) is 4.47 Å². The molecule has 0 bridgehead atoms. The molecule has 2 aromatic heterocycles. The Morgan fingerprint density at radius 1 is 1.70 bits per heavy atom. The smallest absolute Gasteiger partial charge is 0.274 e. The maximum atomic E-state index is 12.2. The minimum atomic E-state index is -0.732. The fourth-order valence-electron chi connectivity index (χ4n) is 1.57. The topological polar surface area (TPSA) is 59.3 Å². The molecule has 104 valence electrons. The average molecular weight is 356 g/mol. The molecular weight excluding hydrogens is 344 g/mol. The molecule has 20 heavy (non-hydrogen) atoms. The van der Waals surface area contributed by atoms with Crippen molar-refractivity contribution in [1.82, 2.24) is 19.9 Å². The molecule has 0 fully saturated rings. The van der Waals surface area contributed by atoms with Crippen LogP contribution in [0.5, 0.6) is 0 Å². The van der Waals surface area contributed by atoms with E-state index in [9.17, 15) is 4.79 Å². The fraction of sp³-hybridized carbons (Fsp3) is 0.308. The minimum Gasteiger partial charge on any atom is -0.335 e. The zero-order chi connectivity index (χ0) is 14.9. The number of fused-ring (bicyclic) bond motifs is 1. The third kappa shape index (κ3) is 2.65. The van der Waals surface area contributed by atoms with Gasteiger partial charge in [0, 0.05) is 12.4 Å². The number of hydrogen-bond acceptors (Lipinski definition) is 3. The first kappa shape index (κ1) is 14.8. The van der Waals surface area contributed by atoms with Crippen LogP contribution in [0.2, 0.25) is 5.02 Å². The number of nitrogens with one attached hydrogen (secondary N) is 1. The predicted octanol–water partition coefficient (Wildman–Crippen LogP) is 2.68. The Bertz CT molecular complexity index is 721. The molecule has 0 unspecified atom stereocenters. The van der Waals surface area contributed by atoms with Crippen molar-refractivity contribution in [2.24, 2.45) is 0 Å². The van der Waals surface area contributed by atoms with E-state index in [1.165, 1.54) is 4.52 Å². The van der Waals surface area contributed by atoms with Gasteiger partial charge in [-0.1, -0.05) is 24.4 Å². The maximum absolute atomic E-state index is 12.2. The van der Waals surface area contributed by atoms with E-state index in [0.29, 0.717) is 12.1 Å². The highest BCUT2D eigenvalue weighted by Gasteiger charge is 2.26. The van der Waals surface area contributed by atoms with Crippen molar-refractivity contribution < 1.29 is 4.79 Å². The van der Waals surface area contributed by atoms with Gasteiger partial charge in [-0.05, 0) is 29.3 Å². The molecule has 0 aliphatic carbocycles. The van der Waals surface area contributed by atoms with Crippen LogP contribution in [0.25, 0.3) is 5.65 Å². The first-order valence-electron chi connectivity index (χ1n) is 5.90. The number of halogens is 2. The summed E-state index contributed by atoms with van der Waals surface area (Å²) in [7, 11) is 0. The van der Waals surface area contributed by atoms with Gasteiger partial charge in [-0.3, -0.25) is 4.79 Å².